The average molecular weight is 417 g/mol. The van der Waals surface area contributed by atoms with E-state index in [1.165, 1.54) is 11.3 Å². The highest BCUT2D eigenvalue weighted by molar-refractivity contribution is 7.91. The molecule has 152 valence electrons. The Kier molecular flexibility index (Phi) is 7.48. The normalized spacial score (nSPS) is 24.3. The predicted molar refractivity (Wildman–Crippen MR) is 106 cm³/mol. The van der Waals surface area contributed by atoms with Crippen molar-refractivity contribution in [2.75, 3.05) is 45.9 Å². The van der Waals surface area contributed by atoms with Crippen molar-refractivity contribution in [2.24, 2.45) is 4.99 Å². The molecule has 2 aliphatic rings. The number of guanidine groups is 1. The van der Waals surface area contributed by atoms with E-state index in [1.807, 2.05) is 6.92 Å². The first-order valence-electron chi connectivity index (χ1n) is 9.40. The number of nitrogens with one attached hydrogen (secondary N) is 2. The van der Waals surface area contributed by atoms with Gasteiger partial charge in [0.2, 0.25) is 10.0 Å². The minimum Gasteiger partial charge on any atom is -0.375 e. The minimum atomic E-state index is -3.44. The van der Waals surface area contributed by atoms with E-state index in [1.54, 1.807) is 17.5 Å². The molecule has 0 amide bonds. The molecule has 1 aromatic rings. The van der Waals surface area contributed by atoms with Crippen LogP contribution in [-0.2, 0) is 19.5 Å². The second kappa shape index (κ2) is 9.83. The maximum absolute atomic E-state index is 12.1. The predicted octanol–water partition coefficient (Wildman–Crippen LogP) is 0.872. The smallest absolute Gasteiger partial charge is 0.250 e. The molecule has 3 rings (SSSR count). The molecule has 3 heterocycles. The fourth-order valence-electron chi connectivity index (χ4n) is 3.24. The Morgan fingerprint density at radius 3 is 2.93 bits per heavy atom. The van der Waals surface area contributed by atoms with Crippen LogP contribution in [0.15, 0.2) is 26.7 Å². The largest absolute Gasteiger partial charge is 0.375 e. The number of hydrogen-bond donors (Lipinski definition) is 2. The topological polar surface area (TPSA) is 92.3 Å². The van der Waals surface area contributed by atoms with Gasteiger partial charge in [0.05, 0.1) is 19.3 Å². The Morgan fingerprint density at radius 2 is 2.22 bits per heavy atom. The lowest BCUT2D eigenvalue weighted by Gasteiger charge is -2.37. The van der Waals surface area contributed by atoms with Crippen molar-refractivity contribution in [2.45, 2.75) is 36.2 Å². The van der Waals surface area contributed by atoms with Crippen LogP contribution in [0, 0.1) is 0 Å². The molecule has 0 spiro atoms. The van der Waals surface area contributed by atoms with E-state index in [9.17, 15) is 8.42 Å². The van der Waals surface area contributed by atoms with Crippen LogP contribution in [-0.4, -0.2) is 77.4 Å². The van der Waals surface area contributed by atoms with Gasteiger partial charge in [-0.05, 0) is 31.2 Å². The van der Waals surface area contributed by atoms with E-state index in [2.05, 4.69) is 19.9 Å². The zero-order valence-electron chi connectivity index (χ0n) is 15.6. The highest BCUT2D eigenvalue weighted by Gasteiger charge is 2.32. The minimum absolute atomic E-state index is 0.0578. The number of aliphatic imine (C=N–C) groups is 1. The van der Waals surface area contributed by atoms with Crippen LogP contribution in [0.25, 0.3) is 0 Å². The van der Waals surface area contributed by atoms with Gasteiger partial charge in [0.1, 0.15) is 10.3 Å². The molecule has 8 nitrogen and oxygen atoms in total. The zero-order valence-corrected chi connectivity index (χ0v) is 17.2. The fraction of sp³-hybridized carbons (Fsp3) is 0.706. The summed E-state index contributed by atoms with van der Waals surface area (Å²) in [7, 11) is -3.44. The lowest BCUT2D eigenvalue weighted by Crippen LogP contribution is -2.53. The van der Waals surface area contributed by atoms with Crippen molar-refractivity contribution in [3.8, 4) is 0 Å². The fourth-order valence-corrected chi connectivity index (χ4v) is 5.30. The first-order chi connectivity index (χ1) is 13.1. The summed E-state index contributed by atoms with van der Waals surface area (Å²) in [5.41, 5.74) is 0. The van der Waals surface area contributed by atoms with E-state index in [4.69, 9.17) is 9.47 Å². The average Bonchev–Trinajstić information content (AvgIpc) is 3.38. The Morgan fingerprint density at radius 1 is 1.37 bits per heavy atom. The van der Waals surface area contributed by atoms with Gasteiger partial charge in [-0.3, -0.25) is 4.99 Å². The lowest BCUT2D eigenvalue weighted by molar-refractivity contribution is -0.0817. The molecule has 2 saturated heterocycles. The Hall–Kier alpha value is -1.20. The molecule has 2 N–H and O–H groups in total. The molecular formula is C17H28N4O4S2. The third-order valence-corrected chi connectivity index (χ3v) is 7.39. The van der Waals surface area contributed by atoms with Crippen LogP contribution >= 0.6 is 11.3 Å². The van der Waals surface area contributed by atoms with Crippen LogP contribution in [0.2, 0.25) is 0 Å². The van der Waals surface area contributed by atoms with Gasteiger partial charge in [0.15, 0.2) is 5.96 Å². The molecule has 2 aliphatic heterocycles. The second-order valence-corrected chi connectivity index (χ2v) is 9.41. The Labute approximate surface area is 165 Å². The summed E-state index contributed by atoms with van der Waals surface area (Å²) >= 11 is 1.20. The monoisotopic (exact) mass is 416 g/mol. The third-order valence-electron chi connectivity index (χ3n) is 4.53. The summed E-state index contributed by atoms with van der Waals surface area (Å²) in [5, 5.41) is 5.04. The van der Waals surface area contributed by atoms with Gasteiger partial charge < -0.3 is 19.7 Å². The molecule has 0 bridgehead atoms. The summed E-state index contributed by atoms with van der Waals surface area (Å²) < 4.78 is 38.9. The molecule has 2 atom stereocenters. The summed E-state index contributed by atoms with van der Waals surface area (Å²) in [5.74, 6) is 0.791. The van der Waals surface area contributed by atoms with Gasteiger partial charge in [-0.15, -0.1) is 11.3 Å². The van der Waals surface area contributed by atoms with Crippen molar-refractivity contribution in [3.05, 3.63) is 17.5 Å². The standard InChI is InChI=1S/C17H28N4O4S2/c1-2-18-17(19-7-8-20-27(22,23)16-6-4-12-26-16)21-9-11-25-15(13-21)14-5-3-10-24-14/h4,6,12,14-15,20H,2-3,5,7-11,13H2,1H3,(H,18,19). The maximum Gasteiger partial charge on any atom is 0.250 e. The molecule has 10 heteroatoms. The first kappa shape index (κ1) is 20.5. The number of hydrogen-bond acceptors (Lipinski definition) is 6. The highest BCUT2D eigenvalue weighted by Crippen LogP contribution is 2.21. The molecule has 0 radical (unpaired) electrons. The number of rotatable bonds is 7. The number of ether oxygens (including phenoxy) is 2. The number of sulfonamides is 1. The van der Waals surface area contributed by atoms with Crippen molar-refractivity contribution in [1.82, 2.24) is 14.9 Å². The summed E-state index contributed by atoms with van der Waals surface area (Å²) in [6, 6.07) is 3.32. The Balaban J connectivity index is 1.54. The molecule has 27 heavy (non-hydrogen) atoms. The van der Waals surface area contributed by atoms with Crippen LogP contribution in [0.4, 0.5) is 0 Å². The maximum atomic E-state index is 12.1. The van der Waals surface area contributed by atoms with Gasteiger partial charge in [0, 0.05) is 32.8 Å². The van der Waals surface area contributed by atoms with E-state index >= 15 is 0 Å². The zero-order chi connectivity index (χ0) is 19.1. The quantitative estimate of drug-likeness (QED) is 0.389. The SMILES string of the molecule is CCNC(=NCCNS(=O)(=O)c1cccs1)N1CCOC(C2CCCO2)C1. The van der Waals surface area contributed by atoms with E-state index in [0.29, 0.717) is 17.4 Å². The molecule has 2 unspecified atom stereocenters. The molecule has 2 fully saturated rings. The van der Waals surface area contributed by atoms with E-state index in [-0.39, 0.29) is 18.8 Å². The van der Waals surface area contributed by atoms with Crippen LogP contribution < -0.4 is 10.0 Å². The highest BCUT2D eigenvalue weighted by atomic mass is 32.2. The second-order valence-electron chi connectivity index (χ2n) is 6.47. The van der Waals surface area contributed by atoms with Crippen molar-refractivity contribution >= 4 is 27.3 Å². The van der Waals surface area contributed by atoms with Gasteiger partial charge in [0.25, 0.3) is 0 Å². The van der Waals surface area contributed by atoms with Gasteiger partial charge in [-0.1, -0.05) is 6.07 Å². The number of morpholine rings is 1. The van der Waals surface area contributed by atoms with Crippen LogP contribution in [0.5, 0.6) is 0 Å². The lowest BCUT2D eigenvalue weighted by atomic mass is 10.1. The Bertz CT molecular complexity index is 703. The van der Waals surface area contributed by atoms with Crippen LogP contribution in [0.3, 0.4) is 0 Å². The van der Waals surface area contributed by atoms with Gasteiger partial charge in [-0.25, -0.2) is 13.1 Å². The van der Waals surface area contributed by atoms with Gasteiger partial charge >= 0.3 is 0 Å². The van der Waals surface area contributed by atoms with Crippen molar-refractivity contribution < 1.29 is 17.9 Å². The first-order valence-corrected chi connectivity index (χ1v) is 11.8. The number of thiophene rings is 1. The van der Waals surface area contributed by atoms with Gasteiger partial charge in [-0.2, -0.15) is 0 Å². The van der Waals surface area contributed by atoms with Crippen molar-refractivity contribution in [3.63, 3.8) is 0 Å². The number of nitrogens with zero attached hydrogens (tertiary/aromatic N) is 2. The summed E-state index contributed by atoms with van der Waals surface area (Å²) in [6.07, 6.45) is 2.34. The molecule has 1 aromatic heterocycles. The van der Waals surface area contributed by atoms with E-state index in [0.717, 1.165) is 45.0 Å². The van der Waals surface area contributed by atoms with Crippen molar-refractivity contribution in [1.29, 1.82) is 0 Å². The third kappa shape index (κ3) is 5.64. The molecule has 0 aromatic carbocycles. The molecule has 0 saturated carbocycles. The summed E-state index contributed by atoms with van der Waals surface area (Å²) in [4.78, 5) is 6.77. The molecule has 0 aliphatic carbocycles. The van der Waals surface area contributed by atoms with Crippen LogP contribution in [0.1, 0.15) is 19.8 Å². The molecular weight excluding hydrogens is 388 g/mol. The van der Waals surface area contributed by atoms with E-state index < -0.39 is 10.0 Å². The summed E-state index contributed by atoms with van der Waals surface area (Å²) in [6.45, 7) is 6.34.